The summed E-state index contributed by atoms with van der Waals surface area (Å²) in [5.74, 6) is 0. The molecule has 0 saturated carbocycles. The van der Waals surface area contributed by atoms with Crippen LogP contribution < -0.4 is 5.32 Å². The molecule has 0 unspecified atom stereocenters. The first kappa shape index (κ1) is 21.5. The minimum Gasteiger partial charge on any atom is -0.741 e. The number of benzene rings is 1. The summed E-state index contributed by atoms with van der Waals surface area (Å²) in [6.07, 6.45) is 0. The summed E-state index contributed by atoms with van der Waals surface area (Å²) in [6.45, 7) is 4.04. The Morgan fingerprint density at radius 3 is 2.30 bits per heavy atom. The van der Waals surface area contributed by atoms with E-state index in [0.717, 1.165) is 5.56 Å². The van der Waals surface area contributed by atoms with E-state index in [1.54, 1.807) is 14.0 Å². The Morgan fingerprint density at radius 2 is 1.74 bits per heavy atom. The molecule has 127 valence electrons. The largest absolute Gasteiger partial charge is 2.00 e. The number of ether oxygens (including phenoxy) is 1. The van der Waals surface area contributed by atoms with Crippen molar-refractivity contribution in [2.24, 2.45) is 20.4 Å². The van der Waals surface area contributed by atoms with Crippen LogP contribution in [0.2, 0.25) is 0 Å². The molecular formula is C14H17CuN5OS2. The van der Waals surface area contributed by atoms with Gasteiger partial charge in [0.05, 0.1) is 17.5 Å². The zero-order valence-electron chi connectivity index (χ0n) is 12.9. The molecule has 0 atom stereocenters. The molecule has 0 saturated heterocycles. The molecule has 1 aromatic rings. The van der Waals surface area contributed by atoms with E-state index in [9.17, 15) is 0 Å². The molecule has 0 bridgehead atoms. The van der Waals surface area contributed by atoms with Gasteiger partial charge in [-0.3, -0.25) is 0 Å². The quantitative estimate of drug-likeness (QED) is 0.270. The molecule has 0 amide bonds. The van der Waals surface area contributed by atoms with Crippen molar-refractivity contribution in [1.82, 2.24) is 5.32 Å². The van der Waals surface area contributed by atoms with E-state index in [-0.39, 0.29) is 27.5 Å². The van der Waals surface area contributed by atoms with Gasteiger partial charge in [-0.15, -0.1) is 10.2 Å². The van der Waals surface area contributed by atoms with E-state index in [1.165, 1.54) is 0 Å². The van der Waals surface area contributed by atoms with Gasteiger partial charge in [-0.2, -0.15) is 10.2 Å². The first-order valence-corrected chi connectivity index (χ1v) is 7.38. The van der Waals surface area contributed by atoms with Crippen LogP contribution in [0.3, 0.4) is 0 Å². The van der Waals surface area contributed by atoms with Crippen molar-refractivity contribution >= 4 is 47.1 Å². The molecule has 6 nitrogen and oxygen atoms in total. The van der Waals surface area contributed by atoms with Crippen molar-refractivity contribution in [3.05, 3.63) is 35.9 Å². The normalized spacial score (nSPS) is 13.3. The fourth-order valence-electron chi connectivity index (χ4n) is 1.40. The van der Waals surface area contributed by atoms with E-state index < -0.39 is 0 Å². The minimum atomic E-state index is 0. The smallest absolute Gasteiger partial charge is 0.741 e. The van der Waals surface area contributed by atoms with Gasteiger partial charge in [0.2, 0.25) is 0 Å². The molecule has 1 radical (unpaired) electrons. The van der Waals surface area contributed by atoms with Crippen LogP contribution in [0, 0.1) is 0 Å². The summed E-state index contributed by atoms with van der Waals surface area (Å²) in [7, 11) is 1.68. The minimum absolute atomic E-state index is 0. The SMILES string of the molecule is CCOC([S-])=NN=C(C(C)=NN=C([S-])NC)c1ccccc1.[Cu+2]. The molecule has 0 fully saturated rings. The fraction of sp³-hybridized carbons (Fsp3) is 0.286. The molecule has 0 heterocycles. The Labute approximate surface area is 157 Å². The fourth-order valence-corrected chi connectivity index (χ4v) is 1.60. The van der Waals surface area contributed by atoms with Crippen molar-refractivity contribution in [2.75, 3.05) is 13.7 Å². The second-order valence-electron chi connectivity index (χ2n) is 3.95. The first-order valence-electron chi connectivity index (χ1n) is 6.56. The van der Waals surface area contributed by atoms with Gasteiger partial charge in [-0.05, 0) is 19.0 Å². The Morgan fingerprint density at radius 1 is 1.09 bits per heavy atom. The molecule has 0 aliphatic rings. The number of nitrogens with one attached hydrogen (secondary N) is 1. The third-order valence-corrected chi connectivity index (χ3v) is 2.88. The topological polar surface area (TPSA) is 70.7 Å². The zero-order chi connectivity index (χ0) is 16.4. The molecule has 23 heavy (non-hydrogen) atoms. The Hall–Kier alpha value is -1.54. The number of hydrogen-bond acceptors (Lipinski definition) is 7. The average molecular weight is 399 g/mol. The Balaban J connectivity index is 0.00000484. The zero-order valence-corrected chi connectivity index (χ0v) is 15.5. The molecule has 0 aliphatic carbocycles. The maximum absolute atomic E-state index is 5.09. The summed E-state index contributed by atoms with van der Waals surface area (Å²) in [5.41, 5.74) is 1.95. The maximum atomic E-state index is 5.09. The third-order valence-electron chi connectivity index (χ3n) is 2.39. The van der Waals surface area contributed by atoms with E-state index >= 15 is 0 Å². The summed E-state index contributed by atoms with van der Waals surface area (Å²) < 4.78 is 5.09. The van der Waals surface area contributed by atoms with E-state index in [1.807, 2.05) is 37.3 Å². The predicted octanol–water partition coefficient (Wildman–Crippen LogP) is 1.83. The van der Waals surface area contributed by atoms with E-state index in [0.29, 0.717) is 18.0 Å². The van der Waals surface area contributed by atoms with Crippen molar-refractivity contribution in [1.29, 1.82) is 0 Å². The van der Waals surface area contributed by atoms with Crippen LogP contribution in [0.15, 0.2) is 50.7 Å². The van der Waals surface area contributed by atoms with Gasteiger partial charge in [-0.1, -0.05) is 30.3 Å². The Kier molecular flexibility index (Phi) is 11.2. The van der Waals surface area contributed by atoms with Gasteiger partial charge in [0.25, 0.3) is 0 Å². The second kappa shape index (κ2) is 12.0. The second-order valence-corrected chi connectivity index (χ2v) is 4.69. The molecule has 0 aromatic heterocycles. The van der Waals surface area contributed by atoms with Crippen LogP contribution in [-0.2, 0) is 47.1 Å². The molecule has 1 aromatic carbocycles. The molecule has 9 heteroatoms. The van der Waals surface area contributed by atoms with Crippen molar-refractivity contribution in [3.8, 4) is 0 Å². The number of amidine groups is 1. The number of hydrogen-bond donors (Lipinski definition) is 1. The van der Waals surface area contributed by atoms with Crippen LogP contribution in [-0.4, -0.2) is 35.5 Å². The first-order chi connectivity index (χ1) is 10.6. The summed E-state index contributed by atoms with van der Waals surface area (Å²) in [6, 6.07) is 9.50. The molecule has 1 N–H and O–H groups in total. The van der Waals surface area contributed by atoms with Crippen LogP contribution in [0.1, 0.15) is 19.4 Å². The van der Waals surface area contributed by atoms with Gasteiger partial charge in [0, 0.05) is 12.6 Å². The van der Waals surface area contributed by atoms with Crippen molar-refractivity contribution in [2.45, 2.75) is 13.8 Å². The van der Waals surface area contributed by atoms with Crippen LogP contribution in [0.5, 0.6) is 0 Å². The summed E-state index contributed by atoms with van der Waals surface area (Å²) in [4.78, 5) is 0. The standard InChI is InChI=1S/C14H19N5OS2.Cu/c1-4-20-14(22)19-17-12(11-8-6-5-7-9-11)10(2)16-18-13(21)15-3;/h5-9H,4H2,1-3H3,(H,19,22)(H2,15,18,21);/q;+2/p-2. The van der Waals surface area contributed by atoms with Crippen molar-refractivity contribution in [3.63, 3.8) is 0 Å². The third kappa shape index (κ3) is 8.03. The summed E-state index contributed by atoms with van der Waals surface area (Å²) >= 11 is 9.87. The molecule has 0 spiro atoms. The van der Waals surface area contributed by atoms with Gasteiger partial charge in [0.15, 0.2) is 0 Å². The van der Waals surface area contributed by atoms with Gasteiger partial charge in [0.1, 0.15) is 5.71 Å². The number of rotatable bonds is 5. The van der Waals surface area contributed by atoms with Crippen LogP contribution in [0.4, 0.5) is 0 Å². The number of nitrogens with zero attached hydrogens (tertiary/aromatic N) is 4. The predicted molar refractivity (Wildman–Crippen MR) is 96.4 cm³/mol. The van der Waals surface area contributed by atoms with Crippen LogP contribution in [0.25, 0.3) is 0 Å². The Bertz CT molecular complexity index is 602. The average Bonchev–Trinajstić information content (AvgIpc) is 2.54. The van der Waals surface area contributed by atoms with E-state index in [4.69, 9.17) is 30.0 Å². The van der Waals surface area contributed by atoms with Gasteiger partial charge >= 0.3 is 17.1 Å². The van der Waals surface area contributed by atoms with E-state index in [2.05, 4.69) is 25.7 Å². The van der Waals surface area contributed by atoms with Crippen LogP contribution >= 0.6 is 0 Å². The maximum Gasteiger partial charge on any atom is 2.00 e. The molecule has 0 aliphatic heterocycles. The molecular weight excluding hydrogens is 382 g/mol. The monoisotopic (exact) mass is 398 g/mol. The van der Waals surface area contributed by atoms with Gasteiger partial charge < -0.3 is 35.3 Å². The van der Waals surface area contributed by atoms with Crippen molar-refractivity contribution < 1.29 is 21.8 Å². The van der Waals surface area contributed by atoms with Gasteiger partial charge in [-0.25, -0.2) is 0 Å². The summed E-state index contributed by atoms with van der Waals surface area (Å²) in [5, 5.41) is 19.0. The molecule has 1 rings (SSSR count).